The van der Waals surface area contributed by atoms with E-state index in [0.29, 0.717) is 29.3 Å². The second-order valence-electron chi connectivity index (χ2n) is 6.35. The fraction of sp³-hybridized carbons (Fsp3) is 0.444. The van der Waals surface area contributed by atoms with Gasteiger partial charge in [-0.2, -0.15) is 4.98 Å². The second kappa shape index (κ2) is 8.82. The smallest absolute Gasteiger partial charge is 0.232 e. The molecule has 3 N–H and O–H groups in total. The molecule has 2 aromatic rings. The average molecular weight is 414 g/mol. The van der Waals surface area contributed by atoms with Crippen molar-refractivity contribution in [3.05, 3.63) is 23.9 Å². The number of nitrogens with two attached hydrogens (primary N) is 1. The Kier molecular flexibility index (Phi) is 6.97. The van der Waals surface area contributed by atoms with Gasteiger partial charge in [-0.25, -0.2) is 4.98 Å². The number of methoxy groups -OCH3 is 2. The summed E-state index contributed by atoms with van der Waals surface area (Å²) in [5, 5.41) is 4.34. The maximum absolute atomic E-state index is 6.24. The van der Waals surface area contributed by atoms with E-state index in [4.69, 9.17) is 20.2 Å². The lowest BCUT2D eigenvalue weighted by Crippen LogP contribution is -2.50. The van der Waals surface area contributed by atoms with Crippen LogP contribution < -0.4 is 25.4 Å². The molecule has 2 aliphatic rings. The molecule has 7 nitrogen and oxygen atoms in total. The highest BCUT2D eigenvalue weighted by Crippen LogP contribution is 2.35. The van der Waals surface area contributed by atoms with Crippen molar-refractivity contribution in [2.24, 2.45) is 0 Å². The van der Waals surface area contributed by atoms with Crippen LogP contribution in [0, 0.1) is 0 Å². The average Bonchev–Trinajstić information content (AvgIpc) is 2.66. The topological polar surface area (TPSA) is 85.5 Å². The molecule has 2 heterocycles. The molecule has 27 heavy (non-hydrogen) atoms. The van der Waals surface area contributed by atoms with E-state index < -0.39 is 0 Å². The lowest BCUT2D eigenvalue weighted by atomic mass is 9.96. The van der Waals surface area contributed by atoms with Gasteiger partial charge in [0.1, 0.15) is 5.82 Å². The van der Waals surface area contributed by atoms with Crippen LogP contribution in [0.3, 0.4) is 0 Å². The van der Waals surface area contributed by atoms with Crippen molar-refractivity contribution in [1.82, 2.24) is 15.3 Å². The Hall–Kier alpha value is -1.96. The number of fused-ring (bicyclic) bond motifs is 2. The molecular weight excluding hydrogens is 389 g/mol. The van der Waals surface area contributed by atoms with Gasteiger partial charge in [0.25, 0.3) is 0 Å². The van der Waals surface area contributed by atoms with Crippen LogP contribution in [0.4, 0.5) is 11.8 Å². The van der Waals surface area contributed by atoms with Crippen LogP contribution in [0.15, 0.2) is 23.9 Å². The SMILES string of the molecule is COc1cc2nc(N3CCNC4CCCC=C43)nc(N)c2cc1OC.Cl.Cl. The highest BCUT2D eigenvalue weighted by atomic mass is 35.5. The number of nitrogens with zero attached hydrogens (tertiary/aromatic N) is 3. The van der Waals surface area contributed by atoms with Crippen molar-refractivity contribution in [2.45, 2.75) is 25.3 Å². The number of rotatable bonds is 3. The molecule has 4 rings (SSSR count). The van der Waals surface area contributed by atoms with Crippen LogP contribution in [0.25, 0.3) is 10.9 Å². The van der Waals surface area contributed by atoms with Gasteiger partial charge in [0.15, 0.2) is 11.5 Å². The van der Waals surface area contributed by atoms with E-state index in [-0.39, 0.29) is 24.8 Å². The zero-order valence-corrected chi connectivity index (χ0v) is 17.0. The third kappa shape index (κ3) is 3.85. The minimum Gasteiger partial charge on any atom is -0.493 e. The van der Waals surface area contributed by atoms with Gasteiger partial charge in [-0.3, -0.25) is 0 Å². The largest absolute Gasteiger partial charge is 0.493 e. The molecule has 9 heteroatoms. The zero-order valence-electron chi connectivity index (χ0n) is 15.4. The van der Waals surface area contributed by atoms with Crippen LogP contribution in [0.2, 0.25) is 0 Å². The van der Waals surface area contributed by atoms with Crippen LogP contribution in [0.5, 0.6) is 11.5 Å². The third-order valence-corrected chi connectivity index (χ3v) is 4.91. The minimum absolute atomic E-state index is 0. The molecule has 0 amide bonds. The molecule has 148 valence electrons. The summed E-state index contributed by atoms with van der Waals surface area (Å²) < 4.78 is 10.7. The maximum atomic E-state index is 6.24. The third-order valence-electron chi connectivity index (χ3n) is 4.91. The van der Waals surface area contributed by atoms with Crippen molar-refractivity contribution in [3.8, 4) is 11.5 Å². The van der Waals surface area contributed by atoms with Gasteiger partial charge in [-0.15, -0.1) is 24.8 Å². The number of halogens is 2. The summed E-state index contributed by atoms with van der Waals surface area (Å²) in [5.41, 5.74) is 8.25. The highest BCUT2D eigenvalue weighted by Gasteiger charge is 2.29. The molecule has 0 bridgehead atoms. The Morgan fingerprint density at radius 3 is 2.63 bits per heavy atom. The van der Waals surface area contributed by atoms with E-state index in [9.17, 15) is 0 Å². The number of nitrogens with one attached hydrogen (secondary N) is 1. The monoisotopic (exact) mass is 413 g/mol. The van der Waals surface area contributed by atoms with E-state index in [1.807, 2.05) is 12.1 Å². The number of hydrogen-bond donors (Lipinski definition) is 2. The summed E-state index contributed by atoms with van der Waals surface area (Å²) in [4.78, 5) is 11.5. The van der Waals surface area contributed by atoms with Crippen molar-refractivity contribution in [2.75, 3.05) is 37.9 Å². The van der Waals surface area contributed by atoms with Crippen LogP contribution in [0.1, 0.15) is 19.3 Å². The van der Waals surface area contributed by atoms with E-state index in [1.165, 1.54) is 12.1 Å². The van der Waals surface area contributed by atoms with E-state index in [1.54, 1.807) is 14.2 Å². The number of piperazine rings is 1. The maximum Gasteiger partial charge on any atom is 0.232 e. The van der Waals surface area contributed by atoms with Gasteiger partial charge < -0.3 is 25.4 Å². The summed E-state index contributed by atoms with van der Waals surface area (Å²) in [6.07, 6.45) is 5.75. The lowest BCUT2D eigenvalue weighted by Gasteiger charge is -2.38. The number of hydrogen-bond acceptors (Lipinski definition) is 7. The number of allylic oxidation sites excluding steroid dienone is 1. The van der Waals surface area contributed by atoms with Crippen molar-refractivity contribution in [1.29, 1.82) is 0 Å². The Morgan fingerprint density at radius 1 is 1.15 bits per heavy atom. The van der Waals surface area contributed by atoms with Crippen LogP contribution in [-0.2, 0) is 0 Å². The molecule has 1 saturated heterocycles. The standard InChI is InChI=1S/C18H23N5O2.2ClH/c1-24-15-9-11-13(10-16(15)25-2)21-18(22-17(11)19)23-8-7-20-12-5-3-4-6-14(12)23;;/h6,9-10,12,20H,3-5,7-8H2,1-2H3,(H2,19,21,22);2*1H. The second-order valence-corrected chi connectivity index (χ2v) is 6.35. The molecule has 1 aromatic heterocycles. The number of anilines is 2. The summed E-state index contributed by atoms with van der Waals surface area (Å²) in [5.74, 6) is 2.36. The van der Waals surface area contributed by atoms with Crippen molar-refractivity contribution < 1.29 is 9.47 Å². The predicted octanol–water partition coefficient (Wildman–Crippen LogP) is 2.92. The first kappa shape index (κ1) is 21.3. The molecule has 1 unspecified atom stereocenters. The minimum atomic E-state index is 0. The van der Waals surface area contributed by atoms with Gasteiger partial charge in [0.2, 0.25) is 5.95 Å². The zero-order chi connectivity index (χ0) is 17.4. The fourth-order valence-corrected chi connectivity index (χ4v) is 3.65. The van der Waals surface area contributed by atoms with Gasteiger partial charge >= 0.3 is 0 Å². The van der Waals surface area contributed by atoms with Crippen LogP contribution >= 0.6 is 24.8 Å². The van der Waals surface area contributed by atoms with Crippen molar-refractivity contribution in [3.63, 3.8) is 0 Å². The van der Waals surface area contributed by atoms with Gasteiger partial charge in [0.05, 0.1) is 19.7 Å². The number of aromatic nitrogens is 2. The number of benzene rings is 1. The van der Waals surface area contributed by atoms with E-state index in [2.05, 4.69) is 21.3 Å². The molecular formula is C18H25Cl2N5O2. The molecule has 0 spiro atoms. The number of nitrogen functional groups attached to an aromatic ring is 1. The summed E-state index contributed by atoms with van der Waals surface area (Å²) in [7, 11) is 3.22. The quantitative estimate of drug-likeness (QED) is 0.799. The Morgan fingerprint density at radius 2 is 1.89 bits per heavy atom. The molecule has 0 radical (unpaired) electrons. The van der Waals surface area contributed by atoms with Gasteiger partial charge in [0, 0.05) is 36.3 Å². The molecule has 1 atom stereocenters. The molecule has 1 aliphatic heterocycles. The van der Waals surface area contributed by atoms with Gasteiger partial charge in [-0.05, 0) is 25.3 Å². The fourth-order valence-electron chi connectivity index (χ4n) is 3.65. The lowest BCUT2D eigenvalue weighted by molar-refractivity contribution is 0.356. The Balaban J connectivity index is 0.00000131. The van der Waals surface area contributed by atoms with Gasteiger partial charge in [-0.1, -0.05) is 6.08 Å². The summed E-state index contributed by atoms with van der Waals surface area (Å²) >= 11 is 0. The molecule has 1 aromatic carbocycles. The first-order valence-electron chi connectivity index (χ1n) is 8.61. The molecule has 1 fully saturated rings. The van der Waals surface area contributed by atoms with E-state index >= 15 is 0 Å². The van der Waals surface area contributed by atoms with E-state index in [0.717, 1.165) is 36.8 Å². The Labute approximate surface area is 171 Å². The Bertz CT molecular complexity index is 846. The van der Waals surface area contributed by atoms with Crippen LogP contribution in [-0.4, -0.2) is 43.3 Å². The summed E-state index contributed by atoms with van der Waals surface area (Å²) in [6.45, 7) is 1.75. The first-order chi connectivity index (χ1) is 12.2. The molecule has 0 saturated carbocycles. The normalized spacial score (nSPS) is 18.7. The first-order valence-corrected chi connectivity index (χ1v) is 8.61. The number of ether oxygens (including phenoxy) is 2. The van der Waals surface area contributed by atoms with Crippen molar-refractivity contribution >= 4 is 47.5 Å². The summed E-state index contributed by atoms with van der Waals surface area (Å²) in [6, 6.07) is 4.06. The molecule has 1 aliphatic carbocycles. The highest BCUT2D eigenvalue weighted by molar-refractivity contribution is 5.92. The predicted molar refractivity (Wildman–Crippen MR) is 113 cm³/mol.